The highest BCUT2D eigenvalue weighted by Crippen LogP contribution is 2.22. The molecule has 3 aromatic rings. The number of nitrogens with zero attached hydrogens (tertiary/aromatic N) is 4. The molecule has 1 N–H and O–H groups in total. The van der Waals surface area contributed by atoms with Crippen LogP contribution in [0, 0.1) is 13.8 Å². The minimum Gasteiger partial charge on any atom is -0.279 e. The molecule has 0 radical (unpaired) electrons. The van der Waals surface area contributed by atoms with Crippen molar-refractivity contribution >= 4 is 15.7 Å². The number of aromatic nitrogens is 4. The van der Waals surface area contributed by atoms with Crippen LogP contribution in [0.5, 0.6) is 0 Å². The minimum absolute atomic E-state index is 0.218. The molecule has 0 saturated carbocycles. The van der Waals surface area contributed by atoms with Gasteiger partial charge in [0.2, 0.25) is 0 Å². The second-order valence-corrected chi connectivity index (χ2v) is 6.85. The molecule has 7 nitrogen and oxygen atoms in total. The number of hydrogen-bond acceptors (Lipinski definition) is 5. The van der Waals surface area contributed by atoms with E-state index in [4.69, 9.17) is 0 Å². The third kappa shape index (κ3) is 3.21. The average molecular weight is 329 g/mol. The highest BCUT2D eigenvalue weighted by atomic mass is 32.2. The quantitative estimate of drug-likeness (QED) is 0.791. The lowest BCUT2D eigenvalue weighted by atomic mass is 10.2. The van der Waals surface area contributed by atoms with E-state index in [1.165, 1.54) is 11.0 Å². The predicted octanol–water partition coefficient (Wildman–Crippen LogP) is 2.08. The third-order valence-electron chi connectivity index (χ3n) is 3.41. The second kappa shape index (κ2) is 5.81. The van der Waals surface area contributed by atoms with Crippen molar-refractivity contribution in [2.75, 3.05) is 4.72 Å². The molecule has 118 valence electrons. The van der Waals surface area contributed by atoms with Crippen molar-refractivity contribution in [3.05, 3.63) is 59.9 Å². The maximum atomic E-state index is 12.5. The van der Waals surface area contributed by atoms with Gasteiger partial charge < -0.3 is 0 Å². The zero-order valence-corrected chi connectivity index (χ0v) is 13.4. The summed E-state index contributed by atoms with van der Waals surface area (Å²) in [4.78, 5) is 0.218. The van der Waals surface area contributed by atoms with E-state index in [1.807, 2.05) is 26.0 Å². The molecule has 1 heterocycles. The van der Waals surface area contributed by atoms with Gasteiger partial charge in [-0.3, -0.25) is 4.72 Å². The number of rotatable bonds is 4. The molecule has 0 aliphatic heterocycles. The summed E-state index contributed by atoms with van der Waals surface area (Å²) in [6.45, 7) is 3.74. The van der Waals surface area contributed by atoms with Crippen LogP contribution in [0.2, 0.25) is 0 Å². The number of sulfonamides is 1. The van der Waals surface area contributed by atoms with Crippen molar-refractivity contribution in [3.8, 4) is 5.69 Å². The van der Waals surface area contributed by atoms with E-state index in [-0.39, 0.29) is 4.90 Å². The summed E-state index contributed by atoms with van der Waals surface area (Å²) in [6.07, 6.45) is 1.45. The van der Waals surface area contributed by atoms with Gasteiger partial charge in [0.15, 0.2) is 0 Å². The lowest BCUT2D eigenvalue weighted by Gasteiger charge is -2.12. The Morgan fingerprint density at radius 3 is 2.43 bits per heavy atom. The number of aryl methyl sites for hydroxylation is 2. The number of nitrogens with one attached hydrogen (secondary N) is 1. The Kier molecular flexibility index (Phi) is 3.83. The fourth-order valence-corrected chi connectivity index (χ4v) is 3.18. The number of tetrazole rings is 1. The predicted molar refractivity (Wildman–Crippen MR) is 85.9 cm³/mol. The molecule has 2 aromatic carbocycles. The monoisotopic (exact) mass is 329 g/mol. The third-order valence-corrected chi connectivity index (χ3v) is 4.79. The van der Waals surface area contributed by atoms with E-state index in [0.717, 1.165) is 11.1 Å². The van der Waals surface area contributed by atoms with Gasteiger partial charge in [-0.2, -0.15) is 0 Å². The molecule has 0 fully saturated rings. The molecule has 0 unspecified atom stereocenters. The molecular weight excluding hydrogens is 314 g/mol. The van der Waals surface area contributed by atoms with Crippen molar-refractivity contribution < 1.29 is 8.42 Å². The summed E-state index contributed by atoms with van der Waals surface area (Å²) < 4.78 is 29.1. The van der Waals surface area contributed by atoms with Crippen LogP contribution in [-0.2, 0) is 10.0 Å². The van der Waals surface area contributed by atoms with Crippen LogP contribution < -0.4 is 4.72 Å². The topological polar surface area (TPSA) is 89.8 Å². The van der Waals surface area contributed by atoms with Crippen LogP contribution in [0.25, 0.3) is 5.69 Å². The molecule has 0 spiro atoms. The maximum Gasteiger partial charge on any atom is 0.261 e. The number of hydrogen-bond donors (Lipinski definition) is 1. The van der Waals surface area contributed by atoms with E-state index in [0.29, 0.717) is 11.4 Å². The summed E-state index contributed by atoms with van der Waals surface area (Å²) in [5.74, 6) is 0. The molecule has 23 heavy (non-hydrogen) atoms. The summed E-state index contributed by atoms with van der Waals surface area (Å²) in [7, 11) is -3.65. The summed E-state index contributed by atoms with van der Waals surface area (Å²) in [5.41, 5.74) is 2.96. The lowest BCUT2D eigenvalue weighted by molar-refractivity contribution is 0.601. The largest absolute Gasteiger partial charge is 0.279 e. The normalized spacial score (nSPS) is 11.4. The Bertz CT molecular complexity index is 919. The van der Waals surface area contributed by atoms with Gasteiger partial charge in [-0.15, -0.1) is 5.10 Å². The van der Waals surface area contributed by atoms with E-state index in [9.17, 15) is 8.42 Å². The van der Waals surface area contributed by atoms with Crippen LogP contribution in [0.1, 0.15) is 11.1 Å². The second-order valence-electron chi connectivity index (χ2n) is 5.17. The van der Waals surface area contributed by atoms with Gasteiger partial charge in [0.25, 0.3) is 10.0 Å². The molecule has 0 bridgehead atoms. The molecule has 0 atom stereocenters. The Balaban J connectivity index is 1.96. The standard InChI is InChI=1S/C15H15N5O2S/c1-11-3-7-14(8-4-11)23(21,22)17-15-9-13(6-5-12(15)2)20-10-16-18-19-20/h3-10,17H,1-2H3. The van der Waals surface area contributed by atoms with Crippen LogP contribution in [-0.4, -0.2) is 28.6 Å². The highest BCUT2D eigenvalue weighted by Gasteiger charge is 2.15. The Morgan fingerprint density at radius 2 is 1.78 bits per heavy atom. The van der Waals surface area contributed by atoms with Gasteiger partial charge in [0.1, 0.15) is 6.33 Å². The molecule has 0 saturated heterocycles. The zero-order chi connectivity index (χ0) is 16.4. The summed E-state index contributed by atoms with van der Waals surface area (Å²) in [6, 6.07) is 12.0. The molecule has 1 aromatic heterocycles. The zero-order valence-electron chi connectivity index (χ0n) is 12.6. The number of benzene rings is 2. The first-order valence-corrected chi connectivity index (χ1v) is 8.37. The van der Waals surface area contributed by atoms with Gasteiger partial charge in [-0.1, -0.05) is 23.8 Å². The van der Waals surface area contributed by atoms with Gasteiger partial charge in [0, 0.05) is 0 Å². The van der Waals surface area contributed by atoms with Crippen molar-refractivity contribution in [1.29, 1.82) is 0 Å². The van der Waals surface area contributed by atoms with Gasteiger partial charge in [0.05, 0.1) is 16.3 Å². The van der Waals surface area contributed by atoms with Crippen LogP contribution >= 0.6 is 0 Å². The molecule has 3 rings (SSSR count). The molecule has 0 aliphatic carbocycles. The van der Waals surface area contributed by atoms with Crippen LogP contribution in [0.3, 0.4) is 0 Å². The first-order chi connectivity index (χ1) is 11.0. The van der Waals surface area contributed by atoms with Gasteiger partial charge in [-0.25, -0.2) is 13.1 Å². The van der Waals surface area contributed by atoms with Crippen molar-refractivity contribution in [2.45, 2.75) is 18.7 Å². The fourth-order valence-electron chi connectivity index (χ4n) is 2.06. The van der Waals surface area contributed by atoms with Crippen LogP contribution in [0.4, 0.5) is 5.69 Å². The van der Waals surface area contributed by atoms with Crippen LogP contribution in [0.15, 0.2) is 53.7 Å². The van der Waals surface area contributed by atoms with Gasteiger partial charge >= 0.3 is 0 Å². The average Bonchev–Trinajstić information content (AvgIpc) is 3.04. The fraction of sp³-hybridized carbons (Fsp3) is 0.133. The summed E-state index contributed by atoms with van der Waals surface area (Å²) in [5, 5.41) is 10.9. The molecule has 0 amide bonds. The lowest BCUT2D eigenvalue weighted by Crippen LogP contribution is -2.14. The Morgan fingerprint density at radius 1 is 1.04 bits per heavy atom. The highest BCUT2D eigenvalue weighted by molar-refractivity contribution is 7.92. The smallest absolute Gasteiger partial charge is 0.261 e. The van der Waals surface area contributed by atoms with Crippen molar-refractivity contribution in [1.82, 2.24) is 20.2 Å². The Labute approximate surface area is 134 Å². The van der Waals surface area contributed by atoms with E-state index < -0.39 is 10.0 Å². The van der Waals surface area contributed by atoms with Gasteiger partial charge in [-0.05, 0) is 54.1 Å². The van der Waals surface area contributed by atoms with Crippen molar-refractivity contribution in [2.24, 2.45) is 0 Å². The summed E-state index contributed by atoms with van der Waals surface area (Å²) >= 11 is 0. The Hall–Kier alpha value is -2.74. The first kappa shape index (κ1) is 15.2. The van der Waals surface area contributed by atoms with E-state index in [1.54, 1.807) is 30.3 Å². The first-order valence-electron chi connectivity index (χ1n) is 6.89. The number of anilines is 1. The van der Waals surface area contributed by atoms with E-state index in [2.05, 4.69) is 20.2 Å². The maximum absolute atomic E-state index is 12.5. The SMILES string of the molecule is Cc1ccc(S(=O)(=O)Nc2cc(-n3cnnn3)ccc2C)cc1. The molecule has 8 heteroatoms. The molecule has 0 aliphatic rings. The van der Waals surface area contributed by atoms with E-state index >= 15 is 0 Å². The minimum atomic E-state index is -3.65. The molecular formula is C15H15N5O2S. The van der Waals surface area contributed by atoms with Crippen molar-refractivity contribution in [3.63, 3.8) is 0 Å².